The number of halogens is 1. The van der Waals surface area contributed by atoms with Gasteiger partial charge in [0, 0.05) is 24.0 Å². The molecular formula is C27H27FN4O4. The van der Waals surface area contributed by atoms with E-state index in [2.05, 4.69) is 29.5 Å². The molecule has 4 rings (SSSR count). The lowest BCUT2D eigenvalue weighted by Crippen LogP contribution is -2.45. The number of carbonyl (C=O) groups is 3. The number of aromatic carboxylic acids is 1. The van der Waals surface area contributed by atoms with Crippen LogP contribution in [-0.4, -0.2) is 45.5 Å². The average Bonchev–Trinajstić information content (AvgIpc) is 3.35. The van der Waals surface area contributed by atoms with Crippen molar-refractivity contribution in [3.05, 3.63) is 77.7 Å². The fourth-order valence-electron chi connectivity index (χ4n) is 4.15. The van der Waals surface area contributed by atoms with Gasteiger partial charge in [-0.1, -0.05) is 32.0 Å². The maximum Gasteiger partial charge on any atom is 0.338 e. The molecule has 186 valence electrons. The maximum absolute atomic E-state index is 14.0. The van der Waals surface area contributed by atoms with E-state index in [0.29, 0.717) is 47.9 Å². The van der Waals surface area contributed by atoms with Gasteiger partial charge in [0.1, 0.15) is 17.7 Å². The Bertz CT molecular complexity index is 1280. The Balaban J connectivity index is 1.39. The van der Waals surface area contributed by atoms with E-state index in [1.165, 1.54) is 28.8 Å². The summed E-state index contributed by atoms with van der Waals surface area (Å²) in [5.74, 6) is -1.83. The zero-order chi connectivity index (χ0) is 25.8. The first kappa shape index (κ1) is 24.8. The van der Waals surface area contributed by atoms with Crippen LogP contribution in [0, 0.1) is 5.82 Å². The Morgan fingerprint density at radius 1 is 1.03 bits per heavy atom. The van der Waals surface area contributed by atoms with Crippen molar-refractivity contribution in [2.45, 2.75) is 38.6 Å². The van der Waals surface area contributed by atoms with E-state index in [1.54, 1.807) is 12.1 Å². The molecule has 0 spiro atoms. The van der Waals surface area contributed by atoms with Crippen molar-refractivity contribution in [1.82, 2.24) is 9.88 Å². The largest absolute Gasteiger partial charge is 0.478 e. The Hall–Kier alpha value is -4.27. The van der Waals surface area contributed by atoms with Crippen molar-refractivity contribution in [2.75, 3.05) is 17.2 Å². The van der Waals surface area contributed by atoms with Crippen LogP contribution in [0.25, 0.3) is 11.1 Å². The SMILES string of the molecule is CC(C)c1ccc(NC(=O)N2CCC[C@@H]2C(=O)Nc2ccc(-c3ccc(C(=O)O)c(F)c3)cn2)cc1. The van der Waals surface area contributed by atoms with Gasteiger partial charge in [0.25, 0.3) is 0 Å². The fourth-order valence-corrected chi connectivity index (χ4v) is 4.15. The van der Waals surface area contributed by atoms with Gasteiger partial charge in [-0.2, -0.15) is 0 Å². The van der Waals surface area contributed by atoms with Gasteiger partial charge in [-0.3, -0.25) is 4.79 Å². The van der Waals surface area contributed by atoms with Crippen LogP contribution in [0.4, 0.5) is 20.7 Å². The van der Waals surface area contributed by atoms with E-state index in [9.17, 15) is 18.8 Å². The van der Waals surface area contributed by atoms with E-state index in [-0.39, 0.29) is 11.9 Å². The summed E-state index contributed by atoms with van der Waals surface area (Å²) in [7, 11) is 0. The number of carboxylic acids is 1. The highest BCUT2D eigenvalue weighted by atomic mass is 19.1. The predicted octanol–water partition coefficient (Wildman–Crippen LogP) is 5.34. The Morgan fingerprint density at radius 3 is 2.36 bits per heavy atom. The maximum atomic E-state index is 14.0. The van der Waals surface area contributed by atoms with Gasteiger partial charge in [-0.05, 0) is 66.3 Å². The summed E-state index contributed by atoms with van der Waals surface area (Å²) < 4.78 is 14.0. The van der Waals surface area contributed by atoms with Crippen LogP contribution < -0.4 is 10.6 Å². The number of nitrogens with one attached hydrogen (secondary N) is 2. The van der Waals surface area contributed by atoms with E-state index in [4.69, 9.17) is 5.11 Å². The molecule has 0 unspecified atom stereocenters. The van der Waals surface area contributed by atoms with Gasteiger partial charge in [-0.15, -0.1) is 0 Å². The predicted molar refractivity (Wildman–Crippen MR) is 134 cm³/mol. The number of rotatable bonds is 6. The van der Waals surface area contributed by atoms with Crippen molar-refractivity contribution in [2.24, 2.45) is 0 Å². The van der Waals surface area contributed by atoms with Crippen molar-refractivity contribution in [3.63, 3.8) is 0 Å². The molecule has 0 bridgehead atoms. The molecule has 2 aromatic carbocycles. The second-order valence-electron chi connectivity index (χ2n) is 8.98. The van der Waals surface area contributed by atoms with Crippen LogP contribution in [-0.2, 0) is 4.79 Å². The molecule has 36 heavy (non-hydrogen) atoms. The van der Waals surface area contributed by atoms with Crippen LogP contribution in [0.2, 0.25) is 0 Å². The number of aromatic nitrogens is 1. The highest BCUT2D eigenvalue weighted by Crippen LogP contribution is 2.24. The number of nitrogens with zero attached hydrogens (tertiary/aromatic N) is 2. The summed E-state index contributed by atoms with van der Waals surface area (Å²) in [6.45, 7) is 4.67. The van der Waals surface area contributed by atoms with Gasteiger partial charge < -0.3 is 20.6 Å². The van der Waals surface area contributed by atoms with Gasteiger partial charge in [0.05, 0.1) is 5.56 Å². The molecule has 1 saturated heterocycles. The van der Waals surface area contributed by atoms with Gasteiger partial charge in [0.15, 0.2) is 0 Å². The zero-order valence-electron chi connectivity index (χ0n) is 20.0. The van der Waals surface area contributed by atoms with Crippen molar-refractivity contribution in [1.29, 1.82) is 0 Å². The lowest BCUT2D eigenvalue weighted by atomic mass is 10.0. The zero-order valence-corrected chi connectivity index (χ0v) is 20.0. The molecule has 1 aliphatic rings. The molecule has 0 radical (unpaired) electrons. The topological polar surface area (TPSA) is 112 Å². The summed E-state index contributed by atoms with van der Waals surface area (Å²) in [4.78, 5) is 42.5. The molecule has 3 N–H and O–H groups in total. The molecule has 3 amide bonds. The van der Waals surface area contributed by atoms with Crippen LogP contribution in [0.3, 0.4) is 0 Å². The first-order chi connectivity index (χ1) is 17.2. The number of hydrogen-bond acceptors (Lipinski definition) is 4. The highest BCUT2D eigenvalue weighted by molar-refractivity contribution is 5.99. The molecule has 1 aromatic heterocycles. The summed E-state index contributed by atoms with van der Waals surface area (Å²) >= 11 is 0. The summed E-state index contributed by atoms with van der Waals surface area (Å²) in [5, 5.41) is 14.6. The quantitative estimate of drug-likeness (QED) is 0.432. The summed E-state index contributed by atoms with van der Waals surface area (Å²) in [5.41, 5.74) is 2.46. The number of likely N-dealkylation sites (tertiary alicyclic amines) is 1. The first-order valence-electron chi connectivity index (χ1n) is 11.7. The second kappa shape index (κ2) is 10.6. The highest BCUT2D eigenvalue weighted by Gasteiger charge is 2.34. The lowest BCUT2D eigenvalue weighted by Gasteiger charge is -2.24. The van der Waals surface area contributed by atoms with Crippen LogP contribution in [0.5, 0.6) is 0 Å². The molecule has 2 heterocycles. The molecule has 1 fully saturated rings. The van der Waals surface area contributed by atoms with E-state index in [0.717, 1.165) is 6.07 Å². The molecule has 9 heteroatoms. The normalized spacial score (nSPS) is 15.1. The molecule has 1 atom stereocenters. The van der Waals surface area contributed by atoms with E-state index >= 15 is 0 Å². The van der Waals surface area contributed by atoms with E-state index in [1.807, 2.05) is 24.3 Å². The molecular weight excluding hydrogens is 463 g/mol. The van der Waals surface area contributed by atoms with Crippen molar-refractivity contribution < 1.29 is 23.9 Å². The molecule has 3 aromatic rings. The standard InChI is InChI=1S/C27H27FN4O4/c1-16(2)17-5-9-20(10-6-17)30-27(36)32-13-3-4-23(32)25(33)31-24-12-8-19(15-29-24)18-7-11-21(26(34)35)22(28)14-18/h5-12,14-16,23H,3-4,13H2,1-2H3,(H,30,36)(H,34,35)(H,29,31,33)/t23-/m1/s1. The van der Waals surface area contributed by atoms with Crippen LogP contribution in [0.1, 0.15) is 48.5 Å². The van der Waals surface area contributed by atoms with E-state index < -0.39 is 23.4 Å². The average molecular weight is 491 g/mol. The number of anilines is 2. The van der Waals surface area contributed by atoms with Crippen molar-refractivity contribution >= 4 is 29.4 Å². The summed E-state index contributed by atoms with van der Waals surface area (Å²) in [6.07, 6.45) is 2.71. The number of hydrogen-bond donors (Lipinski definition) is 3. The monoisotopic (exact) mass is 490 g/mol. The molecule has 8 nitrogen and oxygen atoms in total. The van der Waals surface area contributed by atoms with Gasteiger partial charge in [0.2, 0.25) is 5.91 Å². The smallest absolute Gasteiger partial charge is 0.338 e. The summed E-state index contributed by atoms with van der Waals surface area (Å²) in [6, 6.07) is 13.7. The van der Waals surface area contributed by atoms with Crippen molar-refractivity contribution in [3.8, 4) is 11.1 Å². The van der Waals surface area contributed by atoms with Gasteiger partial charge >= 0.3 is 12.0 Å². The Labute approximate surface area is 208 Å². The third kappa shape index (κ3) is 5.51. The fraction of sp³-hybridized carbons (Fsp3) is 0.259. The number of benzene rings is 2. The molecule has 0 saturated carbocycles. The number of amides is 3. The molecule has 1 aliphatic heterocycles. The number of pyridine rings is 1. The number of urea groups is 1. The lowest BCUT2D eigenvalue weighted by molar-refractivity contribution is -0.119. The third-order valence-corrected chi connectivity index (χ3v) is 6.19. The number of carboxylic acid groups (broad SMARTS) is 1. The minimum atomic E-state index is -1.34. The van der Waals surface area contributed by atoms with Crippen LogP contribution >= 0.6 is 0 Å². The number of carbonyl (C=O) groups excluding carboxylic acids is 2. The van der Waals surface area contributed by atoms with Crippen LogP contribution in [0.15, 0.2) is 60.8 Å². The molecule has 0 aliphatic carbocycles. The third-order valence-electron chi connectivity index (χ3n) is 6.19. The minimum Gasteiger partial charge on any atom is -0.478 e. The second-order valence-corrected chi connectivity index (χ2v) is 8.98. The Kier molecular flexibility index (Phi) is 7.28. The first-order valence-corrected chi connectivity index (χ1v) is 11.7. The van der Waals surface area contributed by atoms with Gasteiger partial charge in [-0.25, -0.2) is 19.0 Å². The Morgan fingerprint density at radius 2 is 1.75 bits per heavy atom. The minimum absolute atomic E-state index is 0.294.